The number of rotatable bonds is 5. The monoisotopic (exact) mass is 225 g/mol. The molecule has 0 bridgehead atoms. The van der Waals surface area contributed by atoms with E-state index in [1.165, 1.54) is 11.1 Å². The van der Waals surface area contributed by atoms with Crippen LogP contribution < -0.4 is 0 Å². The fourth-order valence-electron chi connectivity index (χ4n) is 1.72. The zero-order valence-electron chi connectivity index (χ0n) is 9.83. The summed E-state index contributed by atoms with van der Waals surface area (Å²) < 4.78 is 0. The van der Waals surface area contributed by atoms with Gasteiger partial charge >= 0.3 is 0 Å². The molecule has 0 aliphatic heterocycles. The van der Waals surface area contributed by atoms with Gasteiger partial charge in [-0.05, 0) is 31.0 Å². The first-order chi connectivity index (χ1) is 7.13. The molecular formula is C13H20ClN. The van der Waals surface area contributed by atoms with Gasteiger partial charge in [0, 0.05) is 19.0 Å². The van der Waals surface area contributed by atoms with Crippen LogP contribution in [0, 0.1) is 12.8 Å². The number of aryl methyl sites for hydroxylation is 1. The Labute approximate surface area is 98.0 Å². The Morgan fingerprint density at radius 2 is 2.00 bits per heavy atom. The first-order valence-electron chi connectivity index (χ1n) is 5.42. The summed E-state index contributed by atoms with van der Waals surface area (Å²) in [5, 5.41) is 0. The predicted octanol–water partition coefficient (Wildman–Crippen LogP) is 3.30. The maximum Gasteiger partial charge on any atom is 0.0261 e. The van der Waals surface area contributed by atoms with Gasteiger partial charge in [-0.1, -0.05) is 31.2 Å². The largest absolute Gasteiger partial charge is 0.302 e. The molecule has 0 fully saturated rings. The fourth-order valence-corrected chi connectivity index (χ4v) is 1.82. The van der Waals surface area contributed by atoms with Crippen molar-refractivity contribution in [3.63, 3.8) is 0 Å². The lowest BCUT2D eigenvalue weighted by Gasteiger charge is -2.20. The van der Waals surface area contributed by atoms with Gasteiger partial charge in [-0.3, -0.25) is 0 Å². The number of hydrogen-bond donors (Lipinski definition) is 0. The molecule has 1 nitrogen and oxygen atoms in total. The molecule has 1 unspecified atom stereocenters. The second-order valence-electron chi connectivity index (χ2n) is 4.38. The highest BCUT2D eigenvalue weighted by atomic mass is 35.5. The van der Waals surface area contributed by atoms with Crippen LogP contribution in [0.15, 0.2) is 24.3 Å². The Hall–Kier alpha value is -0.530. The van der Waals surface area contributed by atoms with E-state index in [-0.39, 0.29) is 0 Å². The van der Waals surface area contributed by atoms with Gasteiger partial charge in [0.2, 0.25) is 0 Å². The minimum atomic E-state index is 0.556. The molecule has 0 aromatic heterocycles. The third kappa shape index (κ3) is 4.23. The Morgan fingerprint density at radius 1 is 1.33 bits per heavy atom. The lowest BCUT2D eigenvalue weighted by Crippen LogP contribution is -2.25. The Bertz CT molecular complexity index is 298. The van der Waals surface area contributed by atoms with Crippen molar-refractivity contribution >= 4 is 11.6 Å². The highest BCUT2D eigenvalue weighted by molar-refractivity contribution is 6.18. The van der Waals surface area contributed by atoms with Crippen LogP contribution in [0.2, 0.25) is 0 Å². The second kappa shape index (κ2) is 6.14. The van der Waals surface area contributed by atoms with Crippen molar-refractivity contribution in [2.24, 2.45) is 5.92 Å². The molecule has 0 aliphatic rings. The fraction of sp³-hybridized carbons (Fsp3) is 0.538. The Kier molecular flexibility index (Phi) is 5.13. The van der Waals surface area contributed by atoms with E-state index in [2.05, 4.69) is 50.1 Å². The van der Waals surface area contributed by atoms with Crippen LogP contribution in [0.25, 0.3) is 0 Å². The van der Waals surface area contributed by atoms with Gasteiger partial charge in [-0.25, -0.2) is 0 Å². The van der Waals surface area contributed by atoms with Crippen LogP contribution in [-0.2, 0) is 6.54 Å². The molecular weight excluding hydrogens is 206 g/mol. The highest BCUT2D eigenvalue weighted by Gasteiger charge is 2.06. The molecule has 1 atom stereocenters. The summed E-state index contributed by atoms with van der Waals surface area (Å²) in [6.07, 6.45) is 0. The van der Waals surface area contributed by atoms with E-state index in [4.69, 9.17) is 11.6 Å². The van der Waals surface area contributed by atoms with Gasteiger partial charge in [0.25, 0.3) is 0 Å². The summed E-state index contributed by atoms with van der Waals surface area (Å²) in [7, 11) is 2.15. The van der Waals surface area contributed by atoms with E-state index in [1.54, 1.807) is 0 Å². The first-order valence-corrected chi connectivity index (χ1v) is 5.96. The molecule has 1 aromatic rings. The summed E-state index contributed by atoms with van der Waals surface area (Å²) in [5.74, 6) is 1.29. The molecule has 0 spiro atoms. The molecule has 0 radical (unpaired) electrons. The second-order valence-corrected chi connectivity index (χ2v) is 4.69. The molecule has 0 amide bonds. The molecule has 84 valence electrons. The standard InChI is InChI=1S/C13H20ClN/c1-11(8-14)9-15(3)10-13-7-5-4-6-12(13)2/h4-7,11H,8-10H2,1-3H3. The van der Waals surface area contributed by atoms with Crippen LogP contribution in [-0.4, -0.2) is 24.4 Å². The van der Waals surface area contributed by atoms with Crippen LogP contribution in [0.1, 0.15) is 18.1 Å². The summed E-state index contributed by atoms with van der Waals surface area (Å²) in [6, 6.07) is 8.53. The minimum Gasteiger partial charge on any atom is -0.302 e. The lowest BCUT2D eigenvalue weighted by molar-refractivity contribution is 0.289. The number of alkyl halides is 1. The van der Waals surface area contributed by atoms with Crippen molar-refractivity contribution < 1.29 is 0 Å². The van der Waals surface area contributed by atoms with Crippen LogP contribution in [0.3, 0.4) is 0 Å². The molecule has 1 aromatic carbocycles. The van der Waals surface area contributed by atoms with Crippen molar-refractivity contribution in [2.45, 2.75) is 20.4 Å². The summed E-state index contributed by atoms with van der Waals surface area (Å²) in [4.78, 5) is 2.33. The van der Waals surface area contributed by atoms with Gasteiger partial charge < -0.3 is 4.90 Å². The average Bonchev–Trinajstić information content (AvgIpc) is 2.21. The molecule has 1 rings (SSSR count). The summed E-state index contributed by atoms with van der Waals surface area (Å²) in [6.45, 7) is 6.40. The Balaban J connectivity index is 2.51. The number of hydrogen-bond acceptors (Lipinski definition) is 1. The highest BCUT2D eigenvalue weighted by Crippen LogP contribution is 2.10. The molecule has 0 saturated heterocycles. The van der Waals surface area contributed by atoms with Crippen LogP contribution in [0.4, 0.5) is 0 Å². The minimum absolute atomic E-state index is 0.556. The molecule has 0 aliphatic carbocycles. The zero-order valence-corrected chi connectivity index (χ0v) is 10.6. The van der Waals surface area contributed by atoms with Crippen molar-refractivity contribution in [1.82, 2.24) is 4.90 Å². The van der Waals surface area contributed by atoms with Gasteiger partial charge in [-0.2, -0.15) is 0 Å². The predicted molar refractivity (Wildman–Crippen MR) is 67.4 cm³/mol. The lowest BCUT2D eigenvalue weighted by atomic mass is 10.1. The quantitative estimate of drug-likeness (QED) is 0.696. The summed E-state index contributed by atoms with van der Waals surface area (Å²) >= 11 is 5.80. The molecule has 0 heterocycles. The van der Waals surface area contributed by atoms with E-state index in [9.17, 15) is 0 Å². The van der Waals surface area contributed by atoms with E-state index in [0.29, 0.717) is 5.92 Å². The summed E-state index contributed by atoms with van der Waals surface area (Å²) in [5.41, 5.74) is 2.77. The van der Waals surface area contributed by atoms with Crippen molar-refractivity contribution in [2.75, 3.05) is 19.5 Å². The van der Waals surface area contributed by atoms with Crippen molar-refractivity contribution in [3.8, 4) is 0 Å². The maximum absolute atomic E-state index is 5.80. The normalized spacial score (nSPS) is 13.1. The first kappa shape index (κ1) is 12.5. The van der Waals surface area contributed by atoms with Crippen molar-refractivity contribution in [3.05, 3.63) is 35.4 Å². The third-order valence-corrected chi connectivity index (χ3v) is 3.12. The van der Waals surface area contributed by atoms with E-state index in [1.807, 2.05) is 0 Å². The van der Waals surface area contributed by atoms with Gasteiger partial charge in [0.15, 0.2) is 0 Å². The Morgan fingerprint density at radius 3 is 2.60 bits per heavy atom. The molecule has 0 saturated carbocycles. The van der Waals surface area contributed by atoms with E-state index < -0.39 is 0 Å². The van der Waals surface area contributed by atoms with E-state index in [0.717, 1.165) is 19.0 Å². The zero-order chi connectivity index (χ0) is 11.3. The number of benzene rings is 1. The van der Waals surface area contributed by atoms with Crippen LogP contribution in [0.5, 0.6) is 0 Å². The van der Waals surface area contributed by atoms with Gasteiger partial charge in [0.1, 0.15) is 0 Å². The average molecular weight is 226 g/mol. The number of nitrogens with zero attached hydrogens (tertiary/aromatic N) is 1. The van der Waals surface area contributed by atoms with Crippen molar-refractivity contribution in [1.29, 1.82) is 0 Å². The molecule has 2 heteroatoms. The third-order valence-electron chi connectivity index (χ3n) is 2.59. The van der Waals surface area contributed by atoms with Gasteiger partial charge in [-0.15, -0.1) is 11.6 Å². The molecule has 15 heavy (non-hydrogen) atoms. The van der Waals surface area contributed by atoms with Crippen LogP contribution >= 0.6 is 11.6 Å². The SMILES string of the molecule is Cc1ccccc1CN(C)CC(C)CCl. The smallest absolute Gasteiger partial charge is 0.0261 e. The van der Waals surface area contributed by atoms with E-state index >= 15 is 0 Å². The number of halogens is 1. The maximum atomic E-state index is 5.80. The molecule has 0 N–H and O–H groups in total. The van der Waals surface area contributed by atoms with Gasteiger partial charge in [0.05, 0.1) is 0 Å². The topological polar surface area (TPSA) is 3.24 Å².